The van der Waals surface area contributed by atoms with Crippen molar-refractivity contribution >= 4 is 11.6 Å². The number of carbonyl (C=O) groups is 1. The molecule has 0 aromatic carbocycles. The Balaban J connectivity index is 2.99. The maximum absolute atomic E-state index is 11.6. The maximum atomic E-state index is 11.6. The molecule has 4 N–H and O–H groups in total. The summed E-state index contributed by atoms with van der Waals surface area (Å²) in [4.78, 5) is 21.9. The van der Waals surface area contributed by atoms with Crippen LogP contribution in [0.15, 0.2) is 0 Å². The summed E-state index contributed by atoms with van der Waals surface area (Å²) in [5.41, 5.74) is 5.16. The molecule has 1 aromatic rings. The average Bonchev–Trinajstić information content (AvgIpc) is 2.70. The van der Waals surface area contributed by atoms with Gasteiger partial charge in [0.1, 0.15) is 5.69 Å². The lowest BCUT2D eigenvalue weighted by molar-refractivity contribution is -0.385. The molecule has 0 aliphatic carbocycles. The summed E-state index contributed by atoms with van der Waals surface area (Å²) < 4.78 is 0. The summed E-state index contributed by atoms with van der Waals surface area (Å²) in [6, 6.07) is 0. The standard InChI is InChI=1S/C9H15N5O3/c1-2-3-6-8(14(16)17)7(13-12-6)9(15)11-5-4-10/h2-5,10H2,1H3,(H,11,15)(H,12,13). The Labute approximate surface area is 97.7 Å². The molecule has 0 atom stereocenters. The second kappa shape index (κ2) is 5.94. The Morgan fingerprint density at radius 2 is 2.35 bits per heavy atom. The molecule has 0 fully saturated rings. The van der Waals surface area contributed by atoms with Gasteiger partial charge in [-0.15, -0.1) is 0 Å². The Bertz CT molecular complexity index is 415. The highest BCUT2D eigenvalue weighted by atomic mass is 16.6. The largest absolute Gasteiger partial charge is 0.349 e. The van der Waals surface area contributed by atoms with E-state index in [2.05, 4.69) is 15.5 Å². The van der Waals surface area contributed by atoms with Crippen LogP contribution in [0.25, 0.3) is 0 Å². The predicted octanol–water partition coefficient (Wildman–Crippen LogP) is -0.0411. The lowest BCUT2D eigenvalue weighted by Crippen LogP contribution is -2.29. The van der Waals surface area contributed by atoms with Crippen LogP contribution in [-0.4, -0.2) is 34.1 Å². The van der Waals surface area contributed by atoms with Gasteiger partial charge in [-0.25, -0.2) is 0 Å². The zero-order valence-corrected chi connectivity index (χ0v) is 9.52. The predicted molar refractivity (Wildman–Crippen MR) is 60.6 cm³/mol. The number of nitro groups is 1. The molecule has 0 aliphatic rings. The number of carbonyl (C=O) groups excluding carboxylic acids is 1. The summed E-state index contributed by atoms with van der Waals surface area (Å²) in [5.74, 6) is -0.583. The number of nitrogens with zero attached hydrogens (tertiary/aromatic N) is 2. The number of aromatic amines is 1. The summed E-state index contributed by atoms with van der Waals surface area (Å²) >= 11 is 0. The van der Waals surface area contributed by atoms with Gasteiger partial charge in [0.15, 0.2) is 0 Å². The summed E-state index contributed by atoms with van der Waals surface area (Å²) in [6.45, 7) is 2.41. The van der Waals surface area contributed by atoms with Gasteiger partial charge in [-0.1, -0.05) is 13.3 Å². The van der Waals surface area contributed by atoms with E-state index in [9.17, 15) is 14.9 Å². The van der Waals surface area contributed by atoms with Crippen molar-refractivity contribution in [3.8, 4) is 0 Å². The minimum Gasteiger partial charge on any atom is -0.349 e. The number of hydrogen-bond donors (Lipinski definition) is 3. The van der Waals surface area contributed by atoms with Crippen molar-refractivity contribution in [2.45, 2.75) is 19.8 Å². The molecule has 17 heavy (non-hydrogen) atoms. The zero-order chi connectivity index (χ0) is 12.8. The van der Waals surface area contributed by atoms with Gasteiger partial charge < -0.3 is 11.1 Å². The lowest BCUT2D eigenvalue weighted by atomic mass is 10.2. The van der Waals surface area contributed by atoms with Crippen LogP contribution in [0.5, 0.6) is 0 Å². The second-order valence-electron chi connectivity index (χ2n) is 3.45. The normalized spacial score (nSPS) is 10.2. The average molecular weight is 241 g/mol. The molecule has 0 bridgehead atoms. The molecule has 1 aromatic heterocycles. The van der Waals surface area contributed by atoms with Crippen molar-refractivity contribution in [1.82, 2.24) is 15.5 Å². The van der Waals surface area contributed by atoms with E-state index in [0.717, 1.165) is 6.42 Å². The van der Waals surface area contributed by atoms with Crippen LogP contribution in [0, 0.1) is 10.1 Å². The monoisotopic (exact) mass is 241 g/mol. The first-order valence-corrected chi connectivity index (χ1v) is 5.31. The quantitative estimate of drug-likeness (QED) is 0.475. The minimum atomic E-state index is -0.591. The van der Waals surface area contributed by atoms with E-state index in [0.29, 0.717) is 12.1 Å². The van der Waals surface area contributed by atoms with Crippen LogP contribution in [-0.2, 0) is 6.42 Å². The summed E-state index contributed by atoms with van der Waals surface area (Å²) in [6.07, 6.45) is 1.21. The molecule has 0 saturated carbocycles. The molecule has 8 heteroatoms. The third-order valence-corrected chi connectivity index (χ3v) is 2.14. The van der Waals surface area contributed by atoms with Gasteiger partial charge in [0.05, 0.1) is 4.92 Å². The fourth-order valence-corrected chi connectivity index (χ4v) is 1.42. The van der Waals surface area contributed by atoms with Crippen LogP contribution in [0.2, 0.25) is 0 Å². The first-order chi connectivity index (χ1) is 8.11. The highest BCUT2D eigenvalue weighted by Gasteiger charge is 2.28. The molecule has 0 unspecified atom stereocenters. The molecular weight excluding hydrogens is 226 g/mol. The number of H-pyrrole nitrogens is 1. The van der Waals surface area contributed by atoms with Gasteiger partial charge in [0.2, 0.25) is 5.69 Å². The number of rotatable bonds is 6. The number of nitrogens with two attached hydrogens (primary N) is 1. The van der Waals surface area contributed by atoms with Crippen molar-refractivity contribution < 1.29 is 9.72 Å². The lowest BCUT2D eigenvalue weighted by Gasteiger charge is -1.99. The molecule has 0 radical (unpaired) electrons. The first-order valence-electron chi connectivity index (χ1n) is 5.31. The Kier molecular flexibility index (Phi) is 4.58. The summed E-state index contributed by atoms with van der Waals surface area (Å²) in [5, 5.41) is 19.6. The fraction of sp³-hybridized carbons (Fsp3) is 0.556. The van der Waals surface area contributed by atoms with Gasteiger partial charge >= 0.3 is 5.69 Å². The molecule has 94 valence electrons. The van der Waals surface area contributed by atoms with Gasteiger partial charge in [0, 0.05) is 13.1 Å². The molecule has 0 aliphatic heterocycles. The van der Waals surface area contributed by atoms with Gasteiger partial charge in [-0.2, -0.15) is 5.10 Å². The Hall–Kier alpha value is -1.96. The number of hydrogen-bond acceptors (Lipinski definition) is 5. The van der Waals surface area contributed by atoms with Crippen LogP contribution < -0.4 is 11.1 Å². The minimum absolute atomic E-state index is 0.188. The first kappa shape index (κ1) is 13.1. The van der Waals surface area contributed by atoms with Crippen LogP contribution in [0.1, 0.15) is 29.5 Å². The van der Waals surface area contributed by atoms with Crippen molar-refractivity contribution in [2.75, 3.05) is 13.1 Å². The number of aryl methyl sites for hydroxylation is 1. The van der Waals surface area contributed by atoms with Crippen molar-refractivity contribution in [3.63, 3.8) is 0 Å². The molecule has 8 nitrogen and oxygen atoms in total. The van der Waals surface area contributed by atoms with E-state index in [1.165, 1.54) is 0 Å². The molecule has 1 amide bonds. The number of nitrogens with one attached hydrogen (secondary N) is 2. The van der Waals surface area contributed by atoms with E-state index in [1.54, 1.807) is 0 Å². The van der Waals surface area contributed by atoms with E-state index in [1.807, 2.05) is 6.92 Å². The Morgan fingerprint density at radius 1 is 1.65 bits per heavy atom. The van der Waals surface area contributed by atoms with Gasteiger partial charge in [0.25, 0.3) is 5.91 Å². The fourth-order valence-electron chi connectivity index (χ4n) is 1.42. The molecule has 0 spiro atoms. The topological polar surface area (TPSA) is 127 Å². The van der Waals surface area contributed by atoms with E-state index < -0.39 is 10.8 Å². The van der Waals surface area contributed by atoms with Crippen molar-refractivity contribution in [1.29, 1.82) is 0 Å². The molecular formula is C9H15N5O3. The molecule has 1 heterocycles. The van der Waals surface area contributed by atoms with Crippen LogP contribution in [0.4, 0.5) is 5.69 Å². The van der Waals surface area contributed by atoms with E-state index >= 15 is 0 Å². The maximum Gasteiger partial charge on any atom is 0.322 e. The third-order valence-electron chi connectivity index (χ3n) is 2.14. The van der Waals surface area contributed by atoms with Crippen molar-refractivity contribution in [2.24, 2.45) is 5.73 Å². The highest BCUT2D eigenvalue weighted by molar-refractivity contribution is 5.96. The SMILES string of the molecule is CCCc1[nH]nc(C(=O)NCCN)c1[N+](=O)[O-]. The zero-order valence-electron chi connectivity index (χ0n) is 9.52. The number of aromatic nitrogens is 2. The smallest absolute Gasteiger partial charge is 0.322 e. The van der Waals surface area contributed by atoms with Crippen LogP contribution in [0.3, 0.4) is 0 Å². The highest BCUT2D eigenvalue weighted by Crippen LogP contribution is 2.22. The van der Waals surface area contributed by atoms with Crippen LogP contribution >= 0.6 is 0 Å². The van der Waals surface area contributed by atoms with Gasteiger partial charge in [-0.05, 0) is 6.42 Å². The molecule has 0 saturated heterocycles. The van der Waals surface area contributed by atoms with E-state index in [4.69, 9.17) is 5.73 Å². The second-order valence-corrected chi connectivity index (χ2v) is 3.45. The Morgan fingerprint density at radius 3 is 2.88 bits per heavy atom. The summed E-state index contributed by atoms with van der Waals surface area (Å²) in [7, 11) is 0. The van der Waals surface area contributed by atoms with E-state index in [-0.39, 0.29) is 24.5 Å². The number of amides is 1. The van der Waals surface area contributed by atoms with Gasteiger partial charge in [-0.3, -0.25) is 20.0 Å². The van der Waals surface area contributed by atoms with Crippen molar-refractivity contribution in [3.05, 3.63) is 21.5 Å². The third kappa shape index (κ3) is 3.00. The molecule has 1 rings (SSSR count).